The zero-order valence-electron chi connectivity index (χ0n) is 12.1. The van der Waals surface area contributed by atoms with Crippen LogP contribution in [0.4, 0.5) is 0 Å². The smallest absolute Gasteiger partial charge is 0.208 e. The van der Waals surface area contributed by atoms with Gasteiger partial charge >= 0.3 is 0 Å². The van der Waals surface area contributed by atoms with E-state index in [0.29, 0.717) is 5.92 Å². The summed E-state index contributed by atoms with van der Waals surface area (Å²) in [6.45, 7) is 3.43. The molecule has 1 unspecified atom stereocenters. The highest BCUT2D eigenvalue weighted by molar-refractivity contribution is 5.79. The van der Waals surface area contributed by atoms with Gasteiger partial charge in [0.25, 0.3) is 0 Å². The SMILES string of the molecule is COCCCN=C(NN)N1CCC(c2ccccc2)C1. The van der Waals surface area contributed by atoms with Crippen LogP contribution in [0, 0.1) is 0 Å². The molecule has 0 radical (unpaired) electrons. The molecule has 0 saturated carbocycles. The van der Waals surface area contributed by atoms with Crippen LogP contribution in [0.2, 0.25) is 0 Å². The lowest BCUT2D eigenvalue weighted by atomic mass is 9.99. The standard InChI is InChI=1S/C15H24N4O/c1-20-11-5-9-17-15(18-16)19-10-8-14(12-19)13-6-3-2-4-7-13/h2-4,6-7,14H,5,8-12,16H2,1H3,(H,17,18). The summed E-state index contributed by atoms with van der Waals surface area (Å²) in [4.78, 5) is 6.74. The summed E-state index contributed by atoms with van der Waals surface area (Å²) < 4.78 is 5.02. The average molecular weight is 276 g/mol. The maximum atomic E-state index is 5.60. The van der Waals surface area contributed by atoms with Crippen molar-refractivity contribution in [2.75, 3.05) is 33.4 Å². The highest BCUT2D eigenvalue weighted by atomic mass is 16.5. The molecule has 1 aromatic rings. The van der Waals surface area contributed by atoms with Gasteiger partial charge in [0.1, 0.15) is 0 Å². The summed E-state index contributed by atoms with van der Waals surface area (Å²) in [7, 11) is 1.71. The molecule has 3 N–H and O–H groups in total. The molecule has 5 nitrogen and oxygen atoms in total. The quantitative estimate of drug-likeness (QED) is 0.280. The number of methoxy groups -OCH3 is 1. The monoisotopic (exact) mass is 276 g/mol. The lowest BCUT2D eigenvalue weighted by molar-refractivity contribution is 0.197. The van der Waals surface area contributed by atoms with E-state index in [9.17, 15) is 0 Å². The number of hydrogen-bond donors (Lipinski definition) is 2. The molecule has 1 saturated heterocycles. The normalized spacial score (nSPS) is 19.4. The van der Waals surface area contributed by atoms with E-state index in [0.717, 1.165) is 45.0 Å². The van der Waals surface area contributed by atoms with Gasteiger partial charge in [-0.05, 0) is 18.4 Å². The highest BCUT2D eigenvalue weighted by Gasteiger charge is 2.25. The van der Waals surface area contributed by atoms with Gasteiger partial charge in [-0.2, -0.15) is 0 Å². The maximum Gasteiger partial charge on any atom is 0.208 e. The summed E-state index contributed by atoms with van der Waals surface area (Å²) in [6, 6.07) is 10.6. The molecular formula is C15H24N4O. The first kappa shape index (κ1) is 14.8. The van der Waals surface area contributed by atoms with E-state index in [4.69, 9.17) is 10.6 Å². The molecule has 1 aliphatic heterocycles. The van der Waals surface area contributed by atoms with Crippen molar-refractivity contribution in [1.82, 2.24) is 10.3 Å². The Balaban J connectivity index is 1.90. The molecule has 20 heavy (non-hydrogen) atoms. The minimum Gasteiger partial charge on any atom is -0.385 e. The number of hydrazine groups is 1. The molecule has 1 atom stereocenters. The topological polar surface area (TPSA) is 62.9 Å². The lowest BCUT2D eigenvalue weighted by Gasteiger charge is -2.20. The summed E-state index contributed by atoms with van der Waals surface area (Å²) in [5.41, 5.74) is 4.12. The Labute approximate surface area is 120 Å². The van der Waals surface area contributed by atoms with Gasteiger partial charge in [-0.1, -0.05) is 30.3 Å². The van der Waals surface area contributed by atoms with Gasteiger partial charge in [0.2, 0.25) is 5.96 Å². The Morgan fingerprint density at radius 3 is 2.95 bits per heavy atom. The van der Waals surface area contributed by atoms with Crippen molar-refractivity contribution in [3.8, 4) is 0 Å². The van der Waals surface area contributed by atoms with Gasteiger partial charge in [-0.3, -0.25) is 10.4 Å². The molecule has 0 spiro atoms. The van der Waals surface area contributed by atoms with E-state index in [1.807, 2.05) is 0 Å². The molecule has 0 aromatic heterocycles. The first-order chi connectivity index (χ1) is 9.85. The summed E-state index contributed by atoms with van der Waals surface area (Å²) in [6.07, 6.45) is 2.06. The largest absolute Gasteiger partial charge is 0.385 e. The Bertz CT molecular complexity index is 421. The first-order valence-corrected chi connectivity index (χ1v) is 7.15. The third-order valence-electron chi connectivity index (χ3n) is 3.66. The number of likely N-dealkylation sites (tertiary alicyclic amines) is 1. The summed E-state index contributed by atoms with van der Waals surface area (Å²) in [5.74, 6) is 6.95. The van der Waals surface area contributed by atoms with Gasteiger partial charge < -0.3 is 9.64 Å². The minimum absolute atomic E-state index is 0.564. The second kappa shape index (κ2) is 7.87. The molecule has 2 rings (SSSR count). The molecule has 1 aliphatic rings. The predicted octanol–water partition coefficient (Wildman–Crippen LogP) is 1.33. The van der Waals surface area contributed by atoms with Gasteiger partial charge in [0.05, 0.1) is 0 Å². The second-order valence-corrected chi connectivity index (χ2v) is 5.04. The maximum absolute atomic E-state index is 5.60. The number of nitrogens with one attached hydrogen (secondary N) is 1. The van der Waals surface area contributed by atoms with Crippen molar-refractivity contribution in [2.24, 2.45) is 10.8 Å². The van der Waals surface area contributed by atoms with Crippen LogP contribution >= 0.6 is 0 Å². The van der Waals surface area contributed by atoms with Crippen molar-refractivity contribution < 1.29 is 4.74 Å². The van der Waals surface area contributed by atoms with Crippen molar-refractivity contribution in [3.05, 3.63) is 35.9 Å². The molecule has 0 aliphatic carbocycles. The van der Waals surface area contributed by atoms with Crippen LogP contribution in [0.25, 0.3) is 0 Å². The fourth-order valence-corrected chi connectivity index (χ4v) is 2.58. The van der Waals surface area contributed by atoms with E-state index in [-0.39, 0.29) is 0 Å². The van der Waals surface area contributed by atoms with Crippen LogP contribution in [0.1, 0.15) is 24.3 Å². The Morgan fingerprint density at radius 2 is 2.25 bits per heavy atom. The molecule has 1 fully saturated rings. The molecule has 5 heteroatoms. The Kier molecular flexibility index (Phi) is 5.83. The average Bonchev–Trinajstić information content (AvgIpc) is 2.98. The van der Waals surface area contributed by atoms with Crippen LogP contribution in [0.3, 0.4) is 0 Å². The number of nitrogens with zero attached hydrogens (tertiary/aromatic N) is 2. The number of ether oxygens (including phenoxy) is 1. The van der Waals surface area contributed by atoms with Crippen LogP contribution in [-0.4, -0.2) is 44.2 Å². The van der Waals surface area contributed by atoms with Crippen LogP contribution in [0.5, 0.6) is 0 Å². The fourth-order valence-electron chi connectivity index (χ4n) is 2.58. The molecule has 1 aromatic carbocycles. The van der Waals surface area contributed by atoms with Gasteiger partial charge in [0.15, 0.2) is 0 Å². The molecule has 0 bridgehead atoms. The number of rotatable bonds is 5. The van der Waals surface area contributed by atoms with Crippen LogP contribution in [0.15, 0.2) is 35.3 Å². The zero-order valence-corrected chi connectivity index (χ0v) is 12.1. The van der Waals surface area contributed by atoms with Crippen molar-refractivity contribution in [3.63, 3.8) is 0 Å². The van der Waals surface area contributed by atoms with Crippen LogP contribution in [-0.2, 0) is 4.74 Å². The molecule has 110 valence electrons. The van der Waals surface area contributed by atoms with E-state index in [1.165, 1.54) is 5.56 Å². The zero-order chi connectivity index (χ0) is 14.2. The molecule has 1 heterocycles. The fraction of sp³-hybridized carbons (Fsp3) is 0.533. The number of hydrogen-bond acceptors (Lipinski definition) is 3. The summed E-state index contributed by atoms with van der Waals surface area (Å²) in [5, 5.41) is 0. The van der Waals surface area contributed by atoms with E-state index >= 15 is 0 Å². The third kappa shape index (κ3) is 3.95. The Morgan fingerprint density at radius 1 is 1.45 bits per heavy atom. The Hall–Kier alpha value is -1.59. The number of nitrogens with two attached hydrogens (primary N) is 1. The van der Waals surface area contributed by atoms with Crippen molar-refractivity contribution in [2.45, 2.75) is 18.8 Å². The lowest BCUT2D eigenvalue weighted by Crippen LogP contribution is -2.43. The van der Waals surface area contributed by atoms with E-state index in [2.05, 4.69) is 45.6 Å². The third-order valence-corrected chi connectivity index (χ3v) is 3.66. The number of benzene rings is 1. The molecule has 0 amide bonds. The van der Waals surface area contributed by atoms with E-state index < -0.39 is 0 Å². The van der Waals surface area contributed by atoms with Crippen LogP contribution < -0.4 is 11.3 Å². The van der Waals surface area contributed by atoms with Gasteiger partial charge in [0, 0.05) is 39.3 Å². The minimum atomic E-state index is 0.564. The van der Waals surface area contributed by atoms with Gasteiger partial charge in [-0.15, -0.1) is 0 Å². The van der Waals surface area contributed by atoms with Crippen molar-refractivity contribution >= 4 is 5.96 Å². The van der Waals surface area contributed by atoms with Gasteiger partial charge in [-0.25, -0.2) is 5.84 Å². The van der Waals surface area contributed by atoms with Crippen molar-refractivity contribution in [1.29, 1.82) is 0 Å². The summed E-state index contributed by atoms with van der Waals surface area (Å²) >= 11 is 0. The first-order valence-electron chi connectivity index (χ1n) is 7.15. The number of aliphatic imine (C=N–C) groups is 1. The predicted molar refractivity (Wildman–Crippen MR) is 81.5 cm³/mol. The van der Waals surface area contributed by atoms with E-state index in [1.54, 1.807) is 7.11 Å². The number of guanidine groups is 1. The molecular weight excluding hydrogens is 252 g/mol. The second-order valence-electron chi connectivity index (χ2n) is 5.04. The highest BCUT2D eigenvalue weighted by Crippen LogP contribution is 2.26.